The molecule has 25 heavy (non-hydrogen) atoms. The van der Waals surface area contributed by atoms with E-state index in [4.69, 9.17) is 0 Å². The maximum Gasteiger partial charge on any atom is 0.275 e. The van der Waals surface area contributed by atoms with E-state index >= 15 is 0 Å². The van der Waals surface area contributed by atoms with E-state index in [1.807, 2.05) is 18.2 Å². The van der Waals surface area contributed by atoms with Crippen molar-refractivity contribution >= 4 is 33.2 Å². The van der Waals surface area contributed by atoms with Crippen LogP contribution < -0.4 is 10.9 Å². The molecule has 124 valence electrons. The van der Waals surface area contributed by atoms with Crippen LogP contribution >= 0.6 is 23.1 Å². The van der Waals surface area contributed by atoms with Crippen molar-refractivity contribution < 1.29 is 0 Å². The Balaban J connectivity index is 1.42. The summed E-state index contributed by atoms with van der Waals surface area (Å²) >= 11 is 3.10. The van der Waals surface area contributed by atoms with Crippen molar-refractivity contribution in [3.05, 3.63) is 82.8 Å². The minimum atomic E-state index is -0.170. The predicted octanol–water partition coefficient (Wildman–Crippen LogP) is 3.91. The first-order valence-electron chi connectivity index (χ1n) is 7.68. The number of benzene rings is 2. The van der Waals surface area contributed by atoms with Crippen molar-refractivity contribution in [3.63, 3.8) is 0 Å². The number of nitrogens with zero attached hydrogens (tertiary/aromatic N) is 3. The van der Waals surface area contributed by atoms with Crippen molar-refractivity contribution in [1.29, 1.82) is 0 Å². The van der Waals surface area contributed by atoms with Crippen molar-refractivity contribution in [3.8, 4) is 0 Å². The smallest absolute Gasteiger partial charge is 0.275 e. The lowest BCUT2D eigenvalue weighted by molar-refractivity contribution is 0.895. The summed E-state index contributed by atoms with van der Waals surface area (Å²) in [6, 6.07) is 20.1. The fourth-order valence-electron chi connectivity index (χ4n) is 2.29. The number of hydrogen-bond acceptors (Lipinski definition) is 6. The third-order valence-corrected chi connectivity index (χ3v) is 5.41. The Morgan fingerprint density at radius 2 is 1.76 bits per heavy atom. The van der Waals surface area contributed by atoms with Crippen LogP contribution in [0.5, 0.6) is 0 Å². The molecule has 0 atom stereocenters. The highest BCUT2D eigenvalue weighted by molar-refractivity contribution is 7.99. The normalized spacial score (nSPS) is 10.9. The van der Waals surface area contributed by atoms with Gasteiger partial charge in [0.2, 0.25) is 10.1 Å². The fourth-order valence-corrected chi connectivity index (χ4v) is 3.90. The van der Waals surface area contributed by atoms with Gasteiger partial charge in [0, 0.05) is 28.6 Å². The summed E-state index contributed by atoms with van der Waals surface area (Å²) in [6.45, 7) is 0.644. The van der Waals surface area contributed by atoms with Gasteiger partial charge in [-0.05, 0) is 29.8 Å². The monoisotopic (exact) mass is 366 g/mol. The maximum atomic E-state index is 11.7. The van der Waals surface area contributed by atoms with Crippen molar-refractivity contribution in [2.45, 2.75) is 16.3 Å². The molecule has 0 radical (unpaired) electrons. The zero-order valence-electron chi connectivity index (χ0n) is 13.1. The SMILES string of the molecule is O=c1ccnc2sc(NCc3ccc(Sc4ccccc4)cc3)nn12. The lowest BCUT2D eigenvalue weighted by Gasteiger charge is -2.05. The van der Waals surface area contributed by atoms with Gasteiger partial charge in [-0.25, -0.2) is 4.98 Å². The molecule has 0 unspecified atom stereocenters. The number of anilines is 1. The lowest BCUT2D eigenvalue weighted by atomic mass is 10.2. The van der Waals surface area contributed by atoms with Crippen LogP contribution in [0.3, 0.4) is 0 Å². The Bertz CT molecular complexity index is 1040. The molecule has 4 rings (SSSR count). The molecule has 0 aliphatic rings. The molecule has 0 bridgehead atoms. The first-order chi connectivity index (χ1) is 12.3. The Morgan fingerprint density at radius 1 is 1.00 bits per heavy atom. The number of hydrogen-bond donors (Lipinski definition) is 1. The van der Waals surface area contributed by atoms with Crippen LogP contribution in [-0.4, -0.2) is 14.6 Å². The maximum absolute atomic E-state index is 11.7. The van der Waals surface area contributed by atoms with E-state index in [0.29, 0.717) is 16.6 Å². The molecule has 0 fully saturated rings. The average molecular weight is 366 g/mol. The van der Waals surface area contributed by atoms with E-state index in [0.717, 1.165) is 5.56 Å². The zero-order chi connectivity index (χ0) is 17.1. The summed E-state index contributed by atoms with van der Waals surface area (Å²) in [5, 5.41) is 8.17. The Morgan fingerprint density at radius 3 is 2.52 bits per heavy atom. The van der Waals surface area contributed by atoms with Gasteiger partial charge in [0.05, 0.1) is 0 Å². The molecule has 4 aromatic rings. The Hall–Kier alpha value is -2.64. The summed E-state index contributed by atoms with van der Waals surface area (Å²) in [5.41, 5.74) is 0.980. The first-order valence-corrected chi connectivity index (χ1v) is 9.32. The number of nitrogens with one attached hydrogen (secondary N) is 1. The lowest BCUT2D eigenvalue weighted by Crippen LogP contribution is -2.12. The molecule has 0 amide bonds. The van der Waals surface area contributed by atoms with E-state index < -0.39 is 0 Å². The highest BCUT2D eigenvalue weighted by Crippen LogP contribution is 2.27. The standard InChI is InChI=1S/C18H14N4OS2/c23-16-10-11-19-18-22(16)21-17(25-18)20-12-13-6-8-15(9-7-13)24-14-4-2-1-3-5-14/h1-11H,12H2,(H,20,21). The molecule has 5 nitrogen and oxygen atoms in total. The van der Waals surface area contributed by atoms with Gasteiger partial charge in [-0.3, -0.25) is 4.79 Å². The minimum absolute atomic E-state index is 0.170. The summed E-state index contributed by atoms with van der Waals surface area (Å²) in [5.74, 6) is 0. The van der Waals surface area contributed by atoms with Gasteiger partial charge < -0.3 is 5.32 Å². The molecular weight excluding hydrogens is 352 g/mol. The quantitative estimate of drug-likeness (QED) is 0.580. The second-order valence-electron chi connectivity index (χ2n) is 5.30. The van der Waals surface area contributed by atoms with E-state index in [1.54, 1.807) is 11.8 Å². The van der Waals surface area contributed by atoms with E-state index in [9.17, 15) is 4.79 Å². The van der Waals surface area contributed by atoms with E-state index in [2.05, 4.69) is 51.8 Å². The second-order valence-corrected chi connectivity index (χ2v) is 7.40. The molecule has 0 spiro atoms. The van der Waals surface area contributed by atoms with E-state index in [-0.39, 0.29) is 5.56 Å². The largest absolute Gasteiger partial charge is 0.356 e. The number of rotatable bonds is 5. The van der Waals surface area contributed by atoms with E-state index in [1.165, 1.54) is 37.9 Å². The summed E-state index contributed by atoms with van der Waals surface area (Å²) in [6.07, 6.45) is 1.50. The van der Waals surface area contributed by atoms with Gasteiger partial charge in [-0.1, -0.05) is 53.4 Å². The van der Waals surface area contributed by atoms with Crippen LogP contribution in [0.15, 0.2) is 81.4 Å². The average Bonchev–Trinajstić information content (AvgIpc) is 3.07. The number of aromatic nitrogens is 3. The van der Waals surface area contributed by atoms with Crippen molar-refractivity contribution in [2.24, 2.45) is 0 Å². The van der Waals surface area contributed by atoms with Crippen LogP contribution in [0.2, 0.25) is 0 Å². The van der Waals surface area contributed by atoms with Gasteiger partial charge in [0.25, 0.3) is 5.56 Å². The molecular formula is C18H14N4OS2. The summed E-state index contributed by atoms with van der Waals surface area (Å²) in [4.78, 5) is 18.8. The Labute approximate surface area is 152 Å². The van der Waals surface area contributed by atoms with Crippen molar-refractivity contribution in [2.75, 3.05) is 5.32 Å². The Kier molecular flexibility index (Phi) is 4.49. The summed E-state index contributed by atoms with van der Waals surface area (Å²) in [7, 11) is 0. The van der Waals surface area contributed by atoms with Gasteiger partial charge in [0.15, 0.2) is 0 Å². The molecule has 0 aliphatic heterocycles. The molecule has 2 aromatic heterocycles. The zero-order valence-corrected chi connectivity index (χ0v) is 14.8. The molecule has 0 saturated carbocycles. The van der Waals surface area contributed by atoms with Gasteiger partial charge in [-0.15, -0.1) is 5.10 Å². The predicted molar refractivity (Wildman–Crippen MR) is 101 cm³/mol. The van der Waals surface area contributed by atoms with Crippen molar-refractivity contribution in [1.82, 2.24) is 14.6 Å². The molecule has 0 aliphatic carbocycles. The molecule has 2 aromatic carbocycles. The second kappa shape index (κ2) is 7.08. The molecule has 1 N–H and O–H groups in total. The van der Waals surface area contributed by atoms with Gasteiger partial charge >= 0.3 is 0 Å². The minimum Gasteiger partial charge on any atom is -0.356 e. The highest BCUT2D eigenvalue weighted by atomic mass is 32.2. The third-order valence-electron chi connectivity index (χ3n) is 3.52. The van der Waals surface area contributed by atoms with Gasteiger partial charge in [0.1, 0.15) is 0 Å². The van der Waals surface area contributed by atoms with Gasteiger partial charge in [-0.2, -0.15) is 4.52 Å². The first kappa shape index (κ1) is 15.9. The highest BCUT2D eigenvalue weighted by Gasteiger charge is 2.05. The molecule has 7 heteroatoms. The van der Waals surface area contributed by atoms with Crippen LogP contribution in [0.4, 0.5) is 5.13 Å². The van der Waals surface area contributed by atoms with Crippen LogP contribution in [0.25, 0.3) is 4.96 Å². The topological polar surface area (TPSA) is 59.3 Å². The molecule has 2 heterocycles. The fraction of sp³-hybridized carbons (Fsp3) is 0.0556. The van der Waals surface area contributed by atoms with Crippen LogP contribution in [0, 0.1) is 0 Å². The summed E-state index contributed by atoms with van der Waals surface area (Å²) < 4.78 is 1.31. The van der Waals surface area contributed by atoms with Crippen LogP contribution in [0.1, 0.15) is 5.56 Å². The van der Waals surface area contributed by atoms with Crippen LogP contribution in [-0.2, 0) is 6.54 Å². The molecule has 0 saturated heterocycles. The third kappa shape index (κ3) is 3.72. The number of fused-ring (bicyclic) bond motifs is 1.